The normalized spacial score (nSPS) is 12.2. The number of ether oxygens (including phenoxy) is 1. The minimum absolute atomic E-state index is 0.0751. The molecule has 0 fully saturated rings. The Bertz CT molecular complexity index is 1560. The van der Waals surface area contributed by atoms with Crippen LogP contribution in [0.2, 0.25) is 0 Å². The van der Waals surface area contributed by atoms with Crippen molar-refractivity contribution < 1.29 is 4.74 Å². The van der Waals surface area contributed by atoms with E-state index < -0.39 is 0 Å². The van der Waals surface area contributed by atoms with Crippen molar-refractivity contribution in [2.24, 2.45) is 0 Å². The van der Waals surface area contributed by atoms with Gasteiger partial charge < -0.3 is 9.72 Å². The predicted molar refractivity (Wildman–Crippen MR) is 148 cm³/mol. The fraction of sp³-hybridized carbons (Fsp3) is 0.267. The molecule has 8 nitrogen and oxygen atoms in total. The molecule has 2 aromatic heterocycles. The van der Waals surface area contributed by atoms with Gasteiger partial charge in [0.2, 0.25) is 0 Å². The summed E-state index contributed by atoms with van der Waals surface area (Å²) < 4.78 is 7.14. The second kappa shape index (κ2) is 11.4. The van der Waals surface area contributed by atoms with Crippen molar-refractivity contribution in [3.05, 3.63) is 117 Å². The third-order valence-electron chi connectivity index (χ3n) is 6.86. The standard InChI is InChI=1S/C30H32N6O2/c1-4-28(29-32-33-34-36(29)19-23-11-14-26(38-3)15-12-23)35(18-22-8-6-5-7-9-22)20-25-17-24-13-10-21(2)16-27(24)31-30(25)37/h5-17,28H,4,18-20H2,1-3H3,(H,31,37)/t28-/m1/s1. The Kier molecular flexibility index (Phi) is 7.60. The van der Waals surface area contributed by atoms with Gasteiger partial charge in [0.25, 0.3) is 5.56 Å². The number of benzene rings is 3. The van der Waals surface area contributed by atoms with Crippen molar-refractivity contribution in [3.63, 3.8) is 0 Å². The van der Waals surface area contributed by atoms with Gasteiger partial charge in [-0.3, -0.25) is 9.69 Å². The Morgan fingerprint density at radius 3 is 2.50 bits per heavy atom. The molecule has 0 spiro atoms. The first-order valence-corrected chi connectivity index (χ1v) is 12.8. The quantitative estimate of drug-likeness (QED) is 0.285. The molecule has 0 radical (unpaired) electrons. The van der Waals surface area contributed by atoms with Crippen molar-refractivity contribution in [3.8, 4) is 5.75 Å². The highest BCUT2D eigenvalue weighted by molar-refractivity contribution is 5.79. The van der Waals surface area contributed by atoms with Gasteiger partial charge in [0.1, 0.15) is 5.75 Å². The Morgan fingerprint density at radius 1 is 0.974 bits per heavy atom. The average molecular weight is 509 g/mol. The second-order valence-corrected chi connectivity index (χ2v) is 9.57. The lowest BCUT2D eigenvalue weighted by atomic mass is 10.1. The van der Waals surface area contributed by atoms with Crippen molar-refractivity contribution in [2.75, 3.05) is 7.11 Å². The average Bonchev–Trinajstić information content (AvgIpc) is 3.38. The van der Waals surface area contributed by atoms with E-state index in [2.05, 4.69) is 56.6 Å². The van der Waals surface area contributed by atoms with E-state index in [4.69, 9.17) is 4.74 Å². The van der Waals surface area contributed by atoms with Gasteiger partial charge in [0, 0.05) is 24.2 Å². The van der Waals surface area contributed by atoms with Crippen LogP contribution in [0.3, 0.4) is 0 Å². The number of pyridine rings is 1. The number of aromatic nitrogens is 5. The van der Waals surface area contributed by atoms with Crippen LogP contribution in [0.25, 0.3) is 10.9 Å². The van der Waals surface area contributed by atoms with Crippen molar-refractivity contribution in [1.29, 1.82) is 0 Å². The third-order valence-corrected chi connectivity index (χ3v) is 6.86. The van der Waals surface area contributed by atoms with Crippen LogP contribution in [-0.4, -0.2) is 37.2 Å². The van der Waals surface area contributed by atoms with Gasteiger partial charge in [0.15, 0.2) is 5.82 Å². The highest BCUT2D eigenvalue weighted by Gasteiger charge is 2.26. The van der Waals surface area contributed by atoms with Crippen molar-refractivity contribution in [2.45, 2.75) is 45.9 Å². The first kappa shape index (κ1) is 25.4. The predicted octanol–water partition coefficient (Wildman–Crippen LogP) is 5.03. The highest BCUT2D eigenvalue weighted by Crippen LogP contribution is 2.27. The van der Waals surface area contributed by atoms with Gasteiger partial charge in [-0.1, -0.05) is 61.5 Å². The SMILES string of the molecule is CC[C@H](c1nnnn1Cc1ccc(OC)cc1)N(Cc1ccccc1)Cc1cc2ccc(C)cc2[nH]c1=O. The van der Waals surface area contributed by atoms with Gasteiger partial charge in [-0.2, -0.15) is 0 Å². The summed E-state index contributed by atoms with van der Waals surface area (Å²) in [6.07, 6.45) is 0.778. The van der Waals surface area contributed by atoms with E-state index in [-0.39, 0.29) is 11.6 Å². The molecule has 0 bridgehead atoms. The summed E-state index contributed by atoms with van der Waals surface area (Å²) in [4.78, 5) is 18.5. The highest BCUT2D eigenvalue weighted by atomic mass is 16.5. The van der Waals surface area contributed by atoms with E-state index in [1.807, 2.05) is 66.2 Å². The number of aryl methyl sites for hydroxylation is 1. The Morgan fingerprint density at radius 2 is 1.76 bits per heavy atom. The van der Waals surface area contributed by atoms with Crippen molar-refractivity contribution in [1.82, 2.24) is 30.1 Å². The summed E-state index contributed by atoms with van der Waals surface area (Å²) in [5.41, 5.74) is 4.84. The summed E-state index contributed by atoms with van der Waals surface area (Å²) in [6.45, 7) is 5.80. The maximum Gasteiger partial charge on any atom is 0.252 e. The molecule has 1 atom stereocenters. The largest absolute Gasteiger partial charge is 0.497 e. The Balaban J connectivity index is 1.49. The number of H-pyrrole nitrogens is 1. The van der Waals surface area contributed by atoms with Crippen LogP contribution in [0.1, 0.15) is 47.5 Å². The van der Waals surface area contributed by atoms with Crippen LogP contribution < -0.4 is 10.3 Å². The first-order valence-electron chi connectivity index (χ1n) is 12.8. The van der Waals surface area contributed by atoms with E-state index in [1.54, 1.807) is 7.11 Å². The van der Waals surface area contributed by atoms with Crippen LogP contribution in [0.5, 0.6) is 5.75 Å². The number of nitrogens with zero attached hydrogens (tertiary/aromatic N) is 5. The molecule has 0 unspecified atom stereocenters. The van der Waals surface area contributed by atoms with Crippen LogP contribution >= 0.6 is 0 Å². The van der Waals surface area contributed by atoms with Crippen LogP contribution in [-0.2, 0) is 19.6 Å². The zero-order chi connectivity index (χ0) is 26.5. The number of nitrogens with one attached hydrogen (secondary N) is 1. The van der Waals surface area contributed by atoms with Gasteiger partial charge >= 0.3 is 0 Å². The van der Waals surface area contributed by atoms with E-state index in [9.17, 15) is 4.79 Å². The topological polar surface area (TPSA) is 88.9 Å². The van der Waals surface area contributed by atoms with E-state index >= 15 is 0 Å². The molecule has 194 valence electrons. The number of hydrogen-bond donors (Lipinski definition) is 1. The third kappa shape index (κ3) is 5.65. The Hall–Kier alpha value is -4.30. The molecule has 0 saturated carbocycles. The molecule has 0 aliphatic carbocycles. The number of aromatic amines is 1. The molecule has 38 heavy (non-hydrogen) atoms. The lowest BCUT2D eigenvalue weighted by molar-refractivity contribution is 0.161. The zero-order valence-electron chi connectivity index (χ0n) is 22.0. The lowest BCUT2D eigenvalue weighted by Crippen LogP contribution is -2.32. The summed E-state index contributed by atoms with van der Waals surface area (Å²) in [5.74, 6) is 1.58. The molecule has 0 aliphatic heterocycles. The molecule has 1 N–H and O–H groups in total. The lowest BCUT2D eigenvalue weighted by Gasteiger charge is -2.30. The molecule has 5 rings (SSSR count). The summed E-state index contributed by atoms with van der Waals surface area (Å²) >= 11 is 0. The molecule has 0 saturated heterocycles. The van der Waals surface area contributed by atoms with Crippen LogP contribution in [0.4, 0.5) is 0 Å². The monoisotopic (exact) mass is 508 g/mol. The maximum absolute atomic E-state index is 13.2. The molecule has 3 aromatic carbocycles. The minimum atomic E-state index is -0.100. The summed E-state index contributed by atoms with van der Waals surface area (Å²) in [7, 11) is 1.66. The number of methoxy groups -OCH3 is 1. The second-order valence-electron chi connectivity index (χ2n) is 9.57. The van der Waals surface area contributed by atoms with Gasteiger partial charge in [-0.05, 0) is 70.1 Å². The number of hydrogen-bond acceptors (Lipinski definition) is 6. The fourth-order valence-electron chi connectivity index (χ4n) is 4.86. The molecule has 0 aliphatic rings. The molecule has 5 aromatic rings. The van der Waals surface area contributed by atoms with Crippen LogP contribution in [0, 0.1) is 6.92 Å². The fourth-order valence-corrected chi connectivity index (χ4v) is 4.86. The zero-order valence-corrected chi connectivity index (χ0v) is 22.0. The number of tetrazole rings is 1. The van der Waals surface area contributed by atoms with Crippen LogP contribution in [0.15, 0.2) is 83.7 Å². The van der Waals surface area contributed by atoms with Gasteiger partial charge in [-0.15, -0.1) is 5.10 Å². The molecular weight excluding hydrogens is 476 g/mol. The molecule has 0 amide bonds. The number of rotatable bonds is 10. The maximum atomic E-state index is 13.2. The van der Waals surface area contributed by atoms with Gasteiger partial charge in [-0.25, -0.2) is 4.68 Å². The van der Waals surface area contributed by atoms with E-state index in [1.165, 1.54) is 0 Å². The molecule has 2 heterocycles. The van der Waals surface area contributed by atoms with E-state index in [0.717, 1.165) is 45.6 Å². The minimum Gasteiger partial charge on any atom is -0.497 e. The Labute approximate surface area is 221 Å². The summed E-state index contributed by atoms with van der Waals surface area (Å²) in [5, 5.41) is 13.8. The summed E-state index contributed by atoms with van der Waals surface area (Å²) in [6, 6.07) is 26.2. The first-order chi connectivity index (χ1) is 18.5. The molecular formula is C30H32N6O2. The number of fused-ring (bicyclic) bond motifs is 1. The van der Waals surface area contributed by atoms with E-state index in [0.29, 0.717) is 25.2 Å². The smallest absolute Gasteiger partial charge is 0.252 e. The van der Waals surface area contributed by atoms with Crippen molar-refractivity contribution >= 4 is 10.9 Å². The molecule has 8 heteroatoms. The van der Waals surface area contributed by atoms with Gasteiger partial charge in [0.05, 0.1) is 19.7 Å².